The maximum atomic E-state index is 5.20. The Labute approximate surface area is 307 Å². The number of para-hydroxylation sites is 2. The fourth-order valence-corrected chi connectivity index (χ4v) is 7.58. The molecule has 7 aromatic carbocycles. The fraction of sp³-hybridized carbons (Fsp3) is 0. The van der Waals surface area contributed by atoms with Crippen LogP contribution >= 0.6 is 0 Å². The maximum Gasteiger partial charge on any atom is 0.160 e. The summed E-state index contributed by atoms with van der Waals surface area (Å²) in [6.07, 6.45) is 3.69. The van der Waals surface area contributed by atoms with Crippen LogP contribution in [0, 0.1) is 0 Å². The third-order valence-electron chi connectivity index (χ3n) is 10.1. The molecule has 0 aliphatic heterocycles. The van der Waals surface area contributed by atoms with Crippen molar-refractivity contribution in [2.45, 2.75) is 0 Å². The number of nitrogens with zero attached hydrogens (tertiary/aromatic N) is 4. The quantitative estimate of drug-likeness (QED) is 0.176. The molecule has 0 spiro atoms. The lowest BCUT2D eigenvalue weighted by atomic mass is 9.93. The normalized spacial score (nSPS) is 11.4. The summed E-state index contributed by atoms with van der Waals surface area (Å²) in [4.78, 5) is 14.6. The smallest absolute Gasteiger partial charge is 0.160 e. The number of hydrogen-bond acceptors (Lipinski definition) is 3. The molecule has 4 nitrogen and oxygen atoms in total. The molecular formula is C49H32N4. The molecule has 0 amide bonds. The van der Waals surface area contributed by atoms with Crippen molar-refractivity contribution in [2.75, 3.05) is 0 Å². The van der Waals surface area contributed by atoms with Gasteiger partial charge < -0.3 is 4.57 Å². The van der Waals surface area contributed by atoms with E-state index in [1.165, 1.54) is 38.3 Å². The molecule has 0 atom stereocenters. The highest BCUT2D eigenvalue weighted by atomic mass is 15.0. The average molecular weight is 677 g/mol. The van der Waals surface area contributed by atoms with Crippen LogP contribution in [0.25, 0.3) is 94.4 Å². The van der Waals surface area contributed by atoms with E-state index in [4.69, 9.17) is 9.97 Å². The molecule has 0 fully saturated rings. The molecule has 10 aromatic rings. The molecule has 0 saturated heterocycles. The Bertz CT molecular complexity index is 2910. The summed E-state index contributed by atoms with van der Waals surface area (Å²) in [5.74, 6) is 0.696. The van der Waals surface area contributed by atoms with Crippen molar-refractivity contribution in [3.8, 4) is 61.8 Å². The summed E-state index contributed by atoms with van der Waals surface area (Å²) in [5, 5.41) is 4.81. The molecule has 4 heteroatoms. The lowest BCUT2D eigenvalue weighted by Crippen LogP contribution is -1.97. The predicted molar refractivity (Wildman–Crippen MR) is 219 cm³/mol. The third kappa shape index (κ3) is 5.45. The second-order valence-electron chi connectivity index (χ2n) is 13.3. The fourth-order valence-electron chi connectivity index (χ4n) is 7.58. The Kier molecular flexibility index (Phi) is 7.43. The maximum absolute atomic E-state index is 5.20. The summed E-state index contributed by atoms with van der Waals surface area (Å²) in [6.45, 7) is 0. The summed E-state index contributed by atoms with van der Waals surface area (Å²) >= 11 is 0. The molecular weight excluding hydrogens is 645 g/mol. The average Bonchev–Trinajstić information content (AvgIpc) is 3.58. The summed E-state index contributed by atoms with van der Waals surface area (Å²) in [5.41, 5.74) is 12.9. The minimum Gasteiger partial charge on any atom is -0.309 e. The van der Waals surface area contributed by atoms with E-state index >= 15 is 0 Å². The first-order chi connectivity index (χ1) is 26.3. The van der Waals surface area contributed by atoms with E-state index in [0.29, 0.717) is 5.82 Å². The van der Waals surface area contributed by atoms with Gasteiger partial charge in [-0.25, -0.2) is 9.97 Å². The van der Waals surface area contributed by atoms with E-state index in [1.807, 2.05) is 30.5 Å². The molecule has 3 aromatic heterocycles. The third-order valence-corrected chi connectivity index (χ3v) is 10.1. The number of fused-ring (bicyclic) bond motifs is 4. The standard InChI is InChI=1S/C49H32N4/c1-3-12-35(13-4-1)49-51-45(34-23-21-33(22-24-34)37-14-11-29-50-32-37)31-46(52-49)42-28-27-39(40-17-7-8-18-41(40)42)36-25-26-44-43-19-9-10-20-47(43)53(48(44)30-36)38-15-5-2-6-16-38/h1-32H. The highest BCUT2D eigenvalue weighted by Crippen LogP contribution is 2.40. The van der Waals surface area contributed by atoms with Gasteiger partial charge in [-0.2, -0.15) is 0 Å². The number of hydrogen-bond donors (Lipinski definition) is 0. The summed E-state index contributed by atoms with van der Waals surface area (Å²) in [7, 11) is 0. The summed E-state index contributed by atoms with van der Waals surface area (Å²) < 4.78 is 2.38. The van der Waals surface area contributed by atoms with Gasteiger partial charge in [0.2, 0.25) is 0 Å². The zero-order valence-corrected chi connectivity index (χ0v) is 28.8. The van der Waals surface area contributed by atoms with E-state index in [-0.39, 0.29) is 0 Å². The SMILES string of the molecule is c1ccc(-c2nc(-c3ccc(-c4cccnc4)cc3)cc(-c3ccc(-c4ccc5c6ccccc6n(-c6ccccc6)c5c4)c4ccccc34)n2)cc1. The molecule has 53 heavy (non-hydrogen) atoms. The van der Waals surface area contributed by atoms with Gasteiger partial charge in [0.15, 0.2) is 5.82 Å². The molecule has 0 aliphatic carbocycles. The van der Waals surface area contributed by atoms with Gasteiger partial charge in [0, 0.05) is 45.5 Å². The largest absolute Gasteiger partial charge is 0.309 e. The number of benzene rings is 7. The first-order valence-corrected chi connectivity index (χ1v) is 17.8. The summed E-state index contributed by atoms with van der Waals surface area (Å²) in [6, 6.07) is 64.2. The Hall–Kier alpha value is -7.17. The zero-order chi connectivity index (χ0) is 35.1. The molecule has 10 rings (SSSR count). The van der Waals surface area contributed by atoms with Gasteiger partial charge in [-0.05, 0) is 69.4 Å². The minimum absolute atomic E-state index is 0.696. The van der Waals surface area contributed by atoms with Gasteiger partial charge in [-0.3, -0.25) is 4.98 Å². The highest BCUT2D eigenvalue weighted by Gasteiger charge is 2.17. The van der Waals surface area contributed by atoms with E-state index in [1.54, 1.807) is 6.20 Å². The molecule has 3 heterocycles. The Morgan fingerprint density at radius 2 is 0.962 bits per heavy atom. The van der Waals surface area contributed by atoms with Crippen LogP contribution < -0.4 is 0 Å². The number of aromatic nitrogens is 4. The van der Waals surface area contributed by atoms with Crippen LogP contribution in [-0.4, -0.2) is 19.5 Å². The van der Waals surface area contributed by atoms with E-state index in [0.717, 1.165) is 50.3 Å². The molecule has 0 aliphatic rings. The number of rotatable bonds is 6. The first kappa shape index (κ1) is 30.6. The molecule has 0 bridgehead atoms. The van der Waals surface area contributed by atoms with Gasteiger partial charge in [0.1, 0.15) is 0 Å². The lowest BCUT2D eigenvalue weighted by Gasteiger charge is -2.14. The second kappa shape index (κ2) is 12.9. The molecule has 0 radical (unpaired) electrons. The van der Waals surface area contributed by atoms with Crippen LogP contribution in [0.2, 0.25) is 0 Å². The van der Waals surface area contributed by atoms with Crippen LogP contribution in [-0.2, 0) is 0 Å². The van der Waals surface area contributed by atoms with Crippen LogP contribution in [0.5, 0.6) is 0 Å². The van der Waals surface area contributed by atoms with Crippen molar-refractivity contribution < 1.29 is 0 Å². The Morgan fingerprint density at radius 3 is 1.74 bits per heavy atom. The molecule has 0 N–H and O–H groups in total. The minimum atomic E-state index is 0.696. The van der Waals surface area contributed by atoms with Crippen molar-refractivity contribution in [1.29, 1.82) is 0 Å². The van der Waals surface area contributed by atoms with Crippen LogP contribution in [0.3, 0.4) is 0 Å². The lowest BCUT2D eigenvalue weighted by molar-refractivity contribution is 1.18. The topological polar surface area (TPSA) is 43.6 Å². The van der Waals surface area contributed by atoms with Crippen molar-refractivity contribution in [3.05, 3.63) is 194 Å². The predicted octanol–water partition coefficient (Wildman–Crippen LogP) is 12.5. The van der Waals surface area contributed by atoms with E-state index in [9.17, 15) is 0 Å². The second-order valence-corrected chi connectivity index (χ2v) is 13.3. The Balaban J connectivity index is 1.13. The van der Waals surface area contributed by atoms with Crippen molar-refractivity contribution in [1.82, 2.24) is 19.5 Å². The van der Waals surface area contributed by atoms with Gasteiger partial charge in [0.25, 0.3) is 0 Å². The van der Waals surface area contributed by atoms with Crippen LogP contribution in [0.4, 0.5) is 0 Å². The highest BCUT2D eigenvalue weighted by molar-refractivity contribution is 6.12. The first-order valence-electron chi connectivity index (χ1n) is 17.8. The van der Waals surface area contributed by atoms with Crippen molar-refractivity contribution in [3.63, 3.8) is 0 Å². The van der Waals surface area contributed by atoms with Crippen molar-refractivity contribution in [2.24, 2.45) is 0 Å². The van der Waals surface area contributed by atoms with E-state index < -0.39 is 0 Å². The Morgan fingerprint density at radius 1 is 0.358 bits per heavy atom. The zero-order valence-electron chi connectivity index (χ0n) is 28.8. The van der Waals surface area contributed by atoms with Crippen LogP contribution in [0.1, 0.15) is 0 Å². The van der Waals surface area contributed by atoms with Gasteiger partial charge in [-0.15, -0.1) is 0 Å². The number of pyridine rings is 1. The van der Waals surface area contributed by atoms with Crippen LogP contribution in [0.15, 0.2) is 194 Å². The van der Waals surface area contributed by atoms with E-state index in [2.05, 4.69) is 167 Å². The molecule has 0 saturated carbocycles. The van der Waals surface area contributed by atoms with Crippen molar-refractivity contribution >= 4 is 32.6 Å². The monoisotopic (exact) mass is 676 g/mol. The van der Waals surface area contributed by atoms with Gasteiger partial charge >= 0.3 is 0 Å². The van der Waals surface area contributed by atoms with Gasteiger partial charge in [-0.1, -0.05) is 146 Å². The molecule has 248 valence electrons. The van der Waals surface area contributed by atoms with Gasteiger partial charge in [0.05, 0.1) is 22.4 Å². The molecule has 0 unspecified atom stereocenters.